The lowest BCUT2D eigenvalue weighted by molar-refractivity contribution is 0.0995. The Balaban J connectivity index is 2.07. The number of primary amides is 1. The molecular formula is C13H13N5O2. The molecule has 1 aliphatic rings. The standard InChI is InChI=1S/C13H13N5O2/c1-20-13-17-8-4-2-3-5-10(8)18(13)12-15-7-6-9(16-12)11(14)19/h2-7,13,17H,1H3,(H2,14,19). The summed E-state index contributed by atoms with van der Waals surface area (Å²) in [5.41, 5.74) is 7.20. The normalized spacial score (nSPS) is 16.6. The van der Waals surface area contributed by atoms with Crippen molar-refractivity contribution < 1.29 is 9.53 Å². The highest BCUT2D eigenvalue weighted by Gasteiger charge is 2.31. The second-order valence-corrected chi connectivity index (χ2v) is 4.23. The Morgan fingerprint density at radius 3 is 2.95 bits per heavy atom. The third-order valence-corrected chi connectivity index (χ3v) is 3.01. The largest absolute Gasteiger partial charge is 0.364 e. The summed E-state index contributed by atoms with van der Waals surface area (Å²) >= 11 is 0. The maximum Gasteiger partial charge on any atom is 0.267 e. The van der Waals surface area contributed by atoms with Crippen LogP contribution in [0.5, 0.6) is 0 Å². The van der Waals surface area contributed by atoms with Crippen LogP contribution < -0.4 is 16.0 Å². The van der Waals surface area contributed by atoms with Crippen molar-refractivity contribution in [1.29, 1.82) is 0 Å². The fourth-order valence-electron chi connectivity index (χ4n) is 2.11. The van der Waals surface area contributed by atoms with Crippen LogP contribution in [0.1, 0.15) is 10.5 Å². The summed E-state index contributed by atoms with van der Waals surface area (Å²) in [6.45, 7) is 0. The molecule has 2 heterocycles. The van der Waals surface area contributed by atoms with Crippen molar-refractivity contribution in [1.82, 2.24) is 9.97 Å². The van der Waals surface area contributed by atoms with Crippen LogP contribution in [0.25, 0.3) is 0 Å². The molecule has 0 saturated heterocycles. The number of nitrogens with two attached hydrogens (primary N) is 1. The first-order chi connectivity index (χ1) is 9.70. The number of methoxy groups -OCH3 is 1. The highest BCUT2D eigenvalue weighted by molar-refractivity contribution is 5.91. The van der Waals surface area contributed by atoms with Crippen LogP contribution in [0, 0.1) is 0 Å². The summed E-state index contributed by atoms with van der Waals surface area (Å²) in [4.78, 5) is 21.4. The van der Waals surface area contributed by atoms with Gasteiger partial charge in [-0.3, -0.25) is 9.69 Å². The average Bonchev–Trinajstić information content (AvgIpc) is 2.85. The molecule has 7 heteroatoms. The van der Waals surface area contributed by atoms with Crippen LogP contribution in [0.2, 0.25) is 0 Å². The number of rotatable bonds is 3. The van der Waals surface area contributed by atoms with E-state index in [2.05, 4.69) is 15.3 Å². The number of benzene rings is 1. The minimum atomic E-state index is -0.594. The Hall–Kier alpha value is -2.67. The lowest BCUT2D eigenvalue weighted by Gasteiger charge is -2.23. The Morgan fingerprint density at radius 2 is 2.20 bits per heavy atom. The van der Waals surface area contributed by atoms with Crippen LogP contribution in [-0.4, -0.2) is 29.3 Å². The van der Waals surface area contributed by atoms with Gasteiger partial charge in [0, 0.05) is 13.3 Å². The maximum atomic E-state index is 11.2. The van der Waals surface area contributed by atoms with Crippen molar-refractivity contribution in [3.8, 4) is 0 Å². The van der Waals surface area contributed by atoms with Gasteiger partial charge in [-0.25, -0.2) is 9.97 Å². The predicted octanol–water partition coefficient (Wildman–Crippen LogP) is 1.07. The van der Waals surface area contributed by atoms with E-state index >= 15 is 0 Å². The number of aromatic nitrogens is 2. The zero-order chi connectivity index (χ0) is 14.1. The summed E-state index contributed by atoms with van der Waals surface area (Å²) in [5, 5.41) is 3.19. The Bertz CT molecular complexity index is 661. The second kappa shape index (κ2) is 4.78. The van der Waals surface area contributed by atoms with E-state index < -0.39 is 12.3 Å². The van der Waals surface area contributed by atoms with Gasteiger partial charge in [0.1, 0.15) is 5.69 Å². The summed E-state index contributed by atoms with van der Waals surface area (Å²) in [6, 6.07) is 9.15. The van der Waals surface area contributed by atoms with Crippen molar-refractivity contribution in [3.63, 3.8) is 0 Å². The highest BCUT2D eigenvalue weighted by Crippen LogP contribution is 2.38. The van der Waals surface area contributed by atoms with Gasteiger partial charge in [-0.1, -0.05) is 12.1 Å². The lowest BCUT2D eigenvalue weighted by atomic mass is 10.3. The first-order valence-corrected chi connectivity index (χ1v) is 6.01. The van der Waals surface area contributed by atoms with Gasteiger partial charge in [0.25, 0.3) is 5.91 Å². The van der Waals surface area contributed by atoms with E-state index in [1.54, 1.807) is 12.0 Å². The van der Waals surface area contributed by atoms with Gasteiger partial charge in [-0.15, -0.1) is 0 Å². The molecule has 0 saturated carbocycles. The van der Waals surface area contributed by atoms with Gasteiger partial charge in [0.05, 0.1) is 11.4 Å². The summed E-state index contributed by atoms with van der Waals surface area (Å²) in [7, 11) is 1.58. The topological polar surface area (TPSA) is 93.4 Å². The minimum absolute atomic E-state index is 0.161. The predicted molar refractivity (Wildman–Crippen MR) is 73.6 cm³/mol. The Labute approximate surface area is 115 Å². The smallest absolute Gasteiger partial charge is 0.267 e. The molecule has 3 N–H and O–H groups in total. The molecule has 0 bridgehead atoms. The number of amides is 1. The molecule has 2 aromatic rings. The van der Waals surface area contributed by atoms with Crippen LogP contribution in [0.4, 0.5) is 17.3 Å². The number of nitrogens with zero attached hydrogens (tertiary/aromatic N) is 3. The number of anilines is 3. The number of fused-ring (bicyclic) bond motifs is 1. The van der Waals surface area contributed by atoms with Crippen molar-refractivity contribution in [2.75, 3.05) is 17.3 Å². The fourth-order valence-corrected chi connectivity index (χ4v) is 2.11. The molecule has 1 aromatic heterocycles. The summed E-state index contributed by atoms with van der Waals surface area (Å²) in [6.07, 6.45) is 1.06. The quantitative estimate of drug-likeness (QED) is 0.867. The minimum Gasteiger partial charge on any atom is -0.364 e. The number of hydrogen-bond donors (Lipinski definition) is 2. The Kier molecular flexibility index (Phi) is 2.96. The van der Waals surface area contributed by atoms with E-state index in [1.807, 2.05) is 24.3 Å². The highest BCUT2D eigenvalue weighted by atomic mass is 16.5. The molecule has 1 atom stereocenters. The van der Waals surface area contributed by atoms with Crippen LogP contribution in [0.15, 0.2) is 36.5 Å². The van der Waals surface area contributed by atoms with Gasteiger partial charge in [-0.05, 0) is 18.2 Å². The van der Waals surface area contributed by atoms with Gasteiger partial charge in [0.2, 0.25) is 12.3 Å². The molecule has 3 rings (SSSR count). The molecule has 102 valence electrons. The molecule has 0 spiro atoms. The monoisotopic (exact) mass is 271 g/mol. The Morgan fingerprint density at radius 1 is 1.40 bits per heavy atom. The summed E-state index contributed by atoms with van der Waals surface area (Å²) < 4.78 is 5.38. The van der Waals surface area contributed by atoms with Crippen molar-refractivity contribution in [3.05, 3.63) is 42.2 Å². The zero-order valence-electron chi connectivity index (χ0n) is 10.8. The number of carbonyl (C=O) groups is 1. The molecule has 1 unspecified atom stereocenters. The molecule has 0 radical (unpaired) electrons. The second-order valence-electron chi connectivity index (χ2n) is 4.23. The molecule has 1 amide bonds. The van der Waals surface area contributed by atoms with Crippen LogP contribution in [-0.2, 0) is 4.74 Å². The molecule has 7 nitrogen and oxygen atoms in total. The first-order valence-electron chi connectivity index (χ1n) is 6.01. The first kappa shape index (κ1) is 12.4. The van der Waals surface area contributed by atoms with Gasteiger partial charge in [0.15, 0.2) is 0 Å². The van der Waals surface area contributed by atoms with Crippen molar-refractivity contribution in [2.45, 2.75) is 6.35 Å². The molecule has 1 aromatic carbocycles. The molecule has 1 aliphatic heterocycles. The number of ether oxygens (including phenoxy) is 1. The third-order valence-electron chi connectivity index (χ3n) is 3.01. The fraction of sp³-hybridized carbons (Fsp3) is 0.154. The molecular weight excluding hydrogens is 258 g/mol. The number of carbonyl (C=O) groups excluding carboxylic acids is 1. The maximum absolute atomic E-state index is 11.2. The van der Waals surface area contributed by atoms with E-state index in [4.69, 9.17) is 10.5 Å². The summed E-state index contributed by atoms with van der Waals surface area (Å²) in [5.74, 6) is -0.242. The van der Waals surface area contributed by atoms with E-state index in [1.165, 1.54) is 12.3 Å². The lowest BCUT2D eigenvalue weighted by Crippen LogP contribution is -2.35. The van der Waals surface area contributed by atoms with Gasteiger partial charge < -0.3 is 15.8 Å². The number of nitrogens with one attached hydrogen (secondary N) is 1. The van der Waals surface area contributed by atoms with Crippen molar-refractivity contribution >= 4 is 23.2 Å². The number of hydrogen-bond acceptors (Lipinski definition) is 6. The molecule has 0 aliphatic carbocycles. The zero-order valence-corrected chi connectivity index (χ0v) is 10.8. The third kappa shape index (κ3) is 1.94. The van der Waals surface area contributed by atoms with E-state index in [-0.39, 0.29) is 5.69 Å². The molecule has 0 fully saturated rings. The SMILES string of the molecule is COC1Nc2ccccc2N1c1nccc(C(N)=O)n1. The molecule has 20 heavy (non-hydrogen) atoms. The van der Waals surface area contributed by atoms with Crippen LogP contribution >= 0.6 is 0 Å². The van der Waals surface area contributed by atoms with Crippen molar-refractivity contribution in [2.24, 2.45) is 5.73 Å². The van der Waals surface area contributed by atoms with Gasteiger partial charge >= 0.3 is 0 Å². The number of para-hydroxylation sites is 2. The average molecular weight is 271 g/mol. The van der Waals surface area contributed by atoms with E-state index in [0.717, 1.165) is 11.4 Å². The van der Waals surface area contributed by atoms with E-state index in [0.29, 0.717) is 5.95 Å². The van der Waals surface area contributed by atoms with E-state index in [9.17, 15) is 4.79 Å². The van der Waals surface area contributed by atoms with Crippen LogP contribution in [0.3, 0.4) is 0 Å². The van der Waals surface area contributed by atoms with Gasteiger partial charge in [-0.2, -0.15) is 0 Å².